The van der Waals surface area contributed by atoms with Crippen molar-refractivity contribution in [2.24, 2.45) is 0 Å². The first-order valence-corrected chi connectivity index (χ1v) is 12.8. The molecular formula is C25H20F3N3O7S. The molecule has 2 aliphatic heterocycles. The van der Waals surface area contributed by atoms with E-state index in [0.29, 0.717) is 42.0 Å². The van der Waals surface area contributed by atoms with Crippen molar-refractivity contribution in [1.29, 1.82) is 5.26 Å². The average Bonchev–Trinajstić information content (AvgIpc) is 3.48. The first-order valence-electron chi connectivity index (χ1n) is 11.3. The minimum absolute atomic E-state index is 0.0804. The number of nitrogens with one attached hydrogen (secondary N) is 1. The fourth-order valence-electron chi connectivity index (χ4n) is 4.00. The number of rotatable bonds is 5. The van der Waals surface area contributed by atoms with Crippen molar-refractivity contribution in [3.63, 3.8) is 0 Å². The molecule has 1 amide bonds. The minimum Gasteiger partial charge on any atom is -0.475 e. The number of hydrogen-bond acceptors (Lipinski definition) is 7. The lowest BCUT2D eigenvalue weighted by Crippen LogP contribution is -2.41. The molecule has 2 N–H and O–H groups in total. The van der Waals surface area contributed by atoms with E-state index in [0.717, 1.165) is 10.9 Å². The number of carboxylic acids is 1. The second-order valence-electron chi connectivity index (χ2n) is 8.55. The van der Waals surface area contributed by atoms with Gasteiger partial charge in [0.05, 0.1) is 16.5 Å². The molecule has 0 radical (unpaired) electrons. The summed E-state index contributed by atoms with van der Waals surface area (Å²) in [5.74, 6) is -1.84. The molecule has 0 bridgehead atoms. The van der Waals surface area contributed by atoms with Crippen LogP contribution in [-0.4, -0.2) is 55.9 Å². The Hall–Kier alpha value is -4.35. The van der Waals surface area contributed by atoms with Crippen LogP contribution in [0.15, 0.2) is 59.5 Å². The second kappa shape index (κ2) is 10.8. The van der Waals surface area contributed by atoms with Gasteiger partial charge in [0, 0.05) is 13.1 Å². The van der Waals surface area contributed by atoms with Gasteiger partial charge in [-0.2, -0.15) is 23.2 Å². The lowest BCUT2D eigenvalue weighted by atomic mass is 10.1. The van der Waals surface area contributed by atoms with E-state index in [2.05, 4.69) is 10.8 Å². The van der Waals surface area contributed by atoms with Gasteiger partial charge in [0.1, 0.15) is 6.04 Å². The van der Waals surface area contributed by atoms with Crippen LogP contribution in [0.1, 0.15) is 17.5 Å². The van der Waals surface area contributed by atoms with Crippen LogP contribution in [-0.2, 0) is 26.2 Å². The van der Waals surface area contributed by atoms with E-state index in [-0.39, 0.29) is 17.6 Å². The molecule has 14 heteroatoms. The molecule has 1 fully saturated rings. The number of carbonyl (C=O) groups excluding carboxylic acids is 1. The summed E-state index contributed by atoms with van der Waals surface area (Å²) in [6, 6.07) is 16.6. The Morgan fingerprint density at radius 2 is 1.77 bits per heavy atom. The zero-order valence-electron chi connectivity index (χ0n) is 19.9. The van der Waals surface area contributed by atoms with Crippen molar-refractivity contribution in [3.05, 3.63) is 65.7 Å². The number of amides is 1. The highest BCUT2D eigenvalue weighted by Gasteiger charge is 2.38. The van der Waals surface area contributed by atoms with Crippen LogP contribution in [0.4, 0.5) is 13.2 Å². The number of aliphatic carboxylic acids is 1. The highest BCUT2D eigenvalue weighted by molar-refractivity contribution is 7.89. The summed E-state index contributed by atoms with van der Waals surface area (Å²) >= 11 is 0. The van der Waals surface area contributed by atoms with Gasteiger partial charge in [-0.1, -0.05) is 18.2 Å². The number of sulfonamides is 1. The summed E-state index contributed by atoms with van der Waals surface area (Å²) in [6.45, 7) is 0.902. The number of ether oxygens (including phenoxy) is 2. The van der Waals surface area contributed by atoms with Crippen molar-refractivity contribution < 1.29 is 45.8 Å². The molecule has 5 rings (SSSR count). The standard InChI is InChI=1S/C23H19N3O5S.C2HF3O2/c24-12-15-2-1-3-16(8-15)13-26-7-6-20(23(26)27)25-32(28,29)19-5-4-17-10-21-22(31-14-30-21)11-18(17)9-19;3-2(4,5)1(6)7/h1-5,8-11,20,25H,6-7,13-14H2;(H,6,7)/t20-;/m0./s1. The largest absolute Gasteiger partial charge is 0.490 e. The number of benzene rings is 3. The predicted molar refractivity (Wildman–Crippen MR) is 129 cm³/mol. The molecule has 0 aromatic heterocycles. The maximum absolute atomic E-state index is 13.0. The first kappa shape index (κ1) is 27.7. The van der Waals surface area contributed by atoms with Gasteiger partial charge < -0.3 is 19.5 Å². The number of carboxylic acid groups (broad SMARTS) is 1. The van der Waals surface area contributed by atoms with E-state index in [4.69, 9.17) is 24.6 Å². The Morgan fingerprint density at radius 3 is 2.41 bits per heavy atom. The molecule has 10 nitrogen and oxygen atoms in total. The molecule has 39 heavy (non-hydrogen) atoms. The normalized spacial score (nSPS) is 16.5. The van der Waals surface area contributed by atoms with Gasteiger partial charge in [0.25, 0.3) is 0 Å². The van der Waals surface area contributed by atoms with Crippen LogP contribution in [0.3, 0.4) is 0 Å². The van der Waals surface area contributed by atoms with E-state index in [1.54, 1.807) is 47.4 Å². The van der Waals surface area contributed by atoms with Gasteiger partial charge in [-0.25, -0.2) is 13.2 Å². The maximum atomic E-state index is 13.0. The zero-order valence-corrected chi connectivity index (χ0v) is 20.8. The lowest BCUT2D eigenvalue weighted by molar-refractivity contribution is -0.192. The van der Waals surface area contributed by atoms with Crippen molar-refractivity contribution >= 4 is 32.7 Å². The number of hydrogen-bond donors (Lipinski definition) is 2. The van der Waals surface area contributed by atoms with Crippen LogP contribution in [0.2, 0.25) is 0 Å². The first-order chi connectivity index (χ1) is 18.4. The molecule has 0 unspecified atom stereocenters. The Balaban J connectivity index is 0.000000448. The number of fused-ring (bicyclic) bond motifs is 2. The lowest BCUT2D eigenvalue weighted by Gasteiger charge is -2.17. The monoisotopic (exact) mass is 563 g/mol. The second-order valence-corrected chi connectivity index (χ2v) is 10.3. The van der Waals surface area contributed by atoms with E-state index >= 15 is 0 Å². The third kappa shape index (κ3) is 6.39. The summed E-state index contributed by atoms with van der Waals surface area (Å²) in [6.07, 6.45) is -4.71. The van der Waals surface area contributed by atoms with Crippen LogP contribution in [0, 0.1) is 11.3 Å². The topological polar surface area (TPSA) is 146 Å². The van der Waals surface area contributed by atoms with Crippen molar-refractivity contribution in [2.75, 3.05) is 13.3 Å². The third-order valence-electron chi connectivity index (χ3n) is 5.88. The predicted octanol–water partition coefficient (Wildman–Crippen LogP) is 3.15. The van der Waals surface area contributed by atoms with Crippen LogP contribution < -0.4 is 14.2 Å². The fraction of sp³-hybridized carbons (Fsp3) is 0.240. The molecule has 2 heterocycles. The summed E-state index contributed by atoms with van der Waals surface area (Å²) in [5.41, 5.74) is 1.35. The number of nitriles is 1. The van der Waals surface area contributed by atoms with E-state index in [1.807, 2.05) is 6.07 Å². The molecule has 1 saturated heterocycles. The molecule has 3 aromatic rings. The average molecular weight is 564 g/mol. The van der Waals surface area contributed by atoms with E-state index in [9.17, 15) is 26.4 Å². The maximum Gasteiger partial charge on any atom is 0.490 e. The van der Waals surface area contributed by atoms with E-state index < -0.39 is 28.2 Å². The molecule has 2 aliphatic rings. The van der Waals surface area contributed by atoms with Crippen LogP contribution in [0.5, 0.6) is 11.5 Å². The van der Waals surface area contributed by atoms with Gasteiger partial charge in [-0.3, -0.25) is 4.79 Å². The molecular weight excluding hydrogens is 543 g/mol. The molecule has 0 spiro atoms. The summed E-state index contributed by atoms with van der Waals surface area (Å²) in [7, 11) is -3.90. The number of nitrogens with zero attached hydrogens (tertiary/aromatic N) is 2. The van der Waals surface area contributed by atoms with Gasteiger partial charge in [0.2, 0.25) is 22.7 Å². The number of alkyl halides is 3. The van der Waals surface area contributed by atoms with Gasteiger partial charge in [0.15, 0.2) is 11.5 Å². The SMILES string of the molecule is N#Cc1cccc(CN2CC[C@H](NS(=O)(=O)c3ccc4cc5c(cc4c3)OCO5)C2=O)c1.O=C(O)C(F)(F)F. The Kier molecular flexibility index (Phi) is 7.66. The van der Waals surface area contributed by atoms with Crippen molar-refractivity contribution in [1.82, 2.24) is 9.62 Å². The Morgan fingerprint density at radius 1 is 1.10 bits per heavy atom. The molecule has 204 valence electrons. The van der Waals surface area contributed by atoms with Crippen molar-refractivity contribution in [2.45, 2.75) is 30.1 Å². The number of halogens is 3. The van der Waals surface area contributed by atoms with Crippen LogP contribution in [0.25, 0.3) is 10.8 Å². The minimum atomic E-state index is -5.08. The Labute approximate surface area is 220 Å². The van der Waals surface area contributed by atoms with Gasteiger partial charge >= 0.3 is 12.1 Å². The summed E-state index contributed by atoms with van der Waals surface area (Å²) < 4.78 is 71.0. The highest BCUT2D eigenvalue weighted by Crippen LogP contribution is 2.36. The number of carbonyl (C=O) groups is 2. The highest BCUT2D eigenvalue weighted by atomic mass is 32.2. The molecule has 3 aromatic carbocycles. The summed E-state index contributed by atoms with van der Waals surface area (Å²) in [5, 5.41) is 17.7. The fourth-order valence-corrected chi connectivity index (χ4v) is 5.26. The smallest absolute Gasteiger partial charge is 0.475 e. The quantitative estimate of drug-likeness (QED) is 0.482. The third-order valence-corrected chi connectivity index (χ3v) is 7.35. The van der Waals surface area contributed by atoms with E-state index in [1.165, 1.54) is 6.07 Å². The van der Waals surface area contributed by atoms with Crippen molar-refractivity contribution in [3.8, 4) is 17.6 Å². The zero-order chi connectivity index (χ0) is 28.4. The summed E-state index contributed by atoms with van der Waals surface area (Å²) in [4.78, 5) is 23.4. The Bertz CT molecular complexity index is 1590. The van der Waals surface area contributed by atoms with Gasteiger partial charge in [-0.15, -0.1) is 0 Å². The molecule has 1 atom stereocenters. The molecule has 0 saturated carbocycles. The number of likely N-dealkylation sites (tertiary alicyclic amines) is 1. The van der Waals surface area contributed by atoms with Crippen LogP contribution >= 0.6 is 0 Å². The molecule has 0 aliphatic carbocycles. The van der Waals surface area contributed by atoms with Gasteiger partial charge in [-0.05, 0) is 59.2 Å².